The summed E-state index contributed by atoms with van der Waals surface area (Å²) in [4.78, 5) is 48.4. The van der Waals surface area contributed by atoms with Crippen molar-refractivity contribution in [1.82, 2.24) is 19.3 Å². The largest absolute Gasteiger partial charge is 0.492 e. The zero-order valence-corrected chi connectivity index (χ0v) is 33.1. The summed E-state index contributed by atoms with van der Waals surface area (Å²) in [6.07, 6.45) is 1.73. The van der Waals surface area contributed by atoms with Gasteiger partial charge in [-0.1, -0.05) is 54.6 Å². The van der Waals surface area contributed by atoms with Crippen LogP contribution in [0.2, 0.25) is 0 Å². The molecule has 1 aromatic heterocycles. The maximum absolute atomic E-state index is 14.8. The Morgan fingerprint density at radius 1 is 0.807 bits per heavy atom. The van der Waals surface area contributed by atoms with Gasteiger partial charge >= 0.3 is 0 Å². The molecule has 0 radical (unpaired) electrons. The standard InChI is InChI=1S/C47H51N5O5/c1-32-25-35-9-7-8-10-37(35)31-52(32)47(55)43-28-38-30-51(45(53)26-34-13-15-40(16-14-34)57-24-21-50-19-22-56-23-20-50)18-17-36(38)27-42(43)44-29-41(33(2)49(44)3)46(54)48-39-11-5-4-6-12-39/h4-16,27-29,32H,17-26,30-31H2,1-3H3,(H,48,54)/t32-/m1/s1. The number of amides is 3. The molecule has 294 valence electrons. The monoisotopic (exact) mass is 765 g/mol. The van der Waals surface area contributed by atoms with Crippen LogP contribution in [0.3, 0.4) is 0 Å². The van der Waals surface area contributed by atoms with Crippen LogP contribution in [-0.4, -0.2) is 89.0 Å². The van der Waals surface area contributed by atoms with Crippen LogP contribution in [-0.2, 0) is 48.9 Å². The number of carbonyl (C=O) groups is 3. The second-order valence-corrected chi connectivity index (χ2v) is 15.5. The summed E-state index contributed by atoms with van der Waals surface area (Å²) in [6.45, 7) is 10.4. The maximum atomic E-state index is 14.8. The summed E-state index contributed by atoms with van der Waals surface area (Å²) in [5.41, 5.74) is 9.69. The van der Waals surface area contributed by atoms with Crippen LogP contribution in [0.5, 0.6) is 5.75 Å². The number of fused-ring (bicyclic) bond motifs is 2. The van der Waals surface area contributed by atoms with Gasteiger partial charge in [-0.3, -0.25) is 19.3 Å². The molecule has 10 heteroatoms. The Morgan fingerprint density at radius 3 is 2.32 bits per heavy atom. The third-order valence-electron chi connectivity index (χ3n) is 11.8. The fraction of sp³-hybridized carbons (Fsp3) is 0.340. The van der Waals surface area contributed by atoms with Gasteiger partial charge in [0.2, 0.25) is 5.91 Å². The van der Waals surface area contributed by atoms with E-state index in [0.717, 1.165) is 89.9 Å². The Morgan fingerprint density at radius 2 is 1.54 bits per heavy atom. The van der Waals surface area contributed by atoms with E-state index < -0.39 is 0 Å². The second-order valence-electron chi connectivity index (χ2n) is 15.5. The third-order valence-corrected chi connectivity index (χ3v) is 11.8. The van der Waals surface area contributed by atoms with Crippen molar-refractivity contribution in [2.24, 2.45) is 7.05 Å². The minimum Gasteiger partial charge on any atom is -0.492 e. The summed E-state index contributed by atoms with van der Waals surface area (Å²) in [5.74, 6) is 0.586. The van der Waals surface area contributed by atoms with Crippen molar-refractivity contribution in [3.8, 4) is 17.0 Å². The zero-order chi connectivity index (χ0) is 39.5. The smallest absolute Gasteiger partial charge is 0.257 e. The van der Waals surface area contributed by atoms with Gasteiger partial charge in [0.1, 0.15) is 12.4 Å². The first-order valence-electron chi connectivity index (χ1n) is 20.1. The molecule has 8 rings (SSSR count). The molecule has 1 N–H and O–H groups in total. The van der Waals surface area contributed by atoms with Crippen LogP contribution < -0.4 is 10.1 Å². The summed E-state index contributed by atoms with van der Waals surface area (Å²) in [6, 6.07) is 31.6. The Bertz CT molecular complexity index is 2260. The molecule has 4 heterocycles. The fourth-order valence-electron chi connectivity index (χ4n) is 8.33. The first kappa shape index (κ1) is 38.2. The summed E-state index contributed by atoms with van der Waals surface area (Å²) < 4.78 is 13.4. The number of rotatable bonds is 10. The van der Waals surface area contributed by atoms with E-state index in [0.29, 0.717) is 43.8 Å². The number of hydrogen-bond acceptors (Lipinski definition) is 6. The van der Waals surface area contributed by atoms with Gasteiger partial charge in [0, 0.05) is 80.6 Å². The normalized spacial score (nSPS) is 16.8. The average molecular weight is 766 g/mol. The molecule has 0 unspecified atom stereocenters. The molecule has 0 spiro atoms. The quantitative estimate of drug-likeness (QED) is 0.171. The molecule has 3 aliphatic heterocycles. The van der Waals surface area contributed by atoms with E-state index in [1.165, 1.54) is 5.56 Å². The molecule has 3 amide bonds. The van der Waals surface area contributed by atoms with E-state index in [9.17, 15) is 14.4 Å². The lowest BCUT2D eigenvalue weighted by atomic mass is 9.89. The Balaban J connectivity index is 1.04. The van der Waals surface area contributed by atoms with Crippen LogP contribution in [0, 0.1) is 6.92 Å². The summed E-state index contributed by atoms with van der Waals surface area (Å²) >= 11 is 0. The van der Waals surface area contributed by atoms with Crippen LogP contribution in [0.1, 0.15) is 61.2 Å². The summed E-state index contributed by atoms with van der Waals surface area (Å²) in [5, 5.41) is 3.02. The number of carbonyl (C=O) groups excluding carboxylic acids is 3. The van der Waals surface area contributed by atoms with Crippen LogP contribution in [0.25, 0.3) is 11.3 Å². The van der Waals surface area contributed by atoms with Gasteiger partial charge in [-0.15, -0.1) is 0 Å². The van der Waals surface area contributed by atoms with Gasteiger partial charge in [-0.25, -0.2) is 0 Å². The predicted octanol–water partition coefficient (Wildman–Crippen LogP) is 6.68. The van der Waals surface area contributed by atoms with Gasteiger partial charge in [0.25, 0.3) is 11.8 Å². The Hall–Kier alpha value is -5.71. The molecular formula is C47H51N5O5. The van der Waals surface area contributed by atoms with Crippen molar-refractivity contribution >= 4 is 23.4 Å². The average Bonchev–Trinajstić information content (AvgIpc) is 3.53. The number of para-hydroxylation sites is 1. The topological polar surface area (TPSA) is 96.3 Å². The SMILES string of the molecule is Cc1c(C(=O)Nc2ccccc2)cc(-c2cc3c(cc2C(=O)N2Cc4ccccc4C[C@H]2C)CN(C(=O)Cc2ccc(OCCN4CCOCC4)cc2)CC3)n1C. The number of hydrogen-bond donors (Lipinski definition) is 1. The van der Waals surface area contributed by atoms with Crippen LogP contribution >= 0.6 is 0 Å². The Labute approximate surface area is 335 Å². The van der Waals surface area contributed by atoms with Crippen molar-refractivity contribution in [1.29, 1.82) is 0 Å². The van der Waals surface area contributed by atoms with Crippen molar-refractivity contribution in [2.75, 3.05) is 51.3 Å². The van der Waals surface area contributed by atoms with Gasteiger partial charge in [0.05, 0.1) is 25.2 Å². The molecule has 1 atom stereocenters. The first-order valence-corrected chi connectivity index (χ1v) is 20.1. The molecular weight excluding hydrogens is 715 g/mol. The lowest BCUT2D eigenvalue weighted by Gasteiger charge is -2.36. The highest BCUT2D eigenvalue weighted by Crippen LogP contribution is 2.35. The first-order chi connectivity index (χ1) is 27.7. The molecule has 5 aromatic rings. The van der Waals surface area contributed by atoms with Crippen molar-refractivity contribution < 1.29 is 23.9 Å². The molecule has 4 aromatic carbocycles. The highest BCUT2D eigenvalue weighted by atomic mass is 16.5. The Kier molecular flexibility index (Phi) is 11.2. The molecule has 10 nitrogen and oxygen atoms in total. The van der Waals surface area contributed by atoms with Gasteiger partial charge in [-0.05, 0) is 97.0 Å². The number of aromatic nitrogens is 1. The number of nitrogens with zero attached hydrogens (tertiary/aromatic N) is 4. The number of morpholine rings is 1. The number of ether oxygens (including phenoxy) is 2. The minimum absolute atomic E-state index is 0.00160. The van der Waals surface area contributed by atoms with E-state index in [1.54, 1.807) is 0 Å². The van der Waals surface area contributed by atoms with Crippen molar-refractivity contribution in [3.05, 3.63) is 142 Å². The molecule has 1 fully saturated rings. The highest BCUT2D eigenvalue weighted by molar-refractivity contribution is 6.07. The van der Waals surface area contributed by atoms with Gasteiger partial charge in [0.15, 0.2) is 0 Å². The molecule has 0 aliphatic carbocycles. The molecule has 3 aliphatic rings. The van der Waals surface area contributed by atoms with Crippen molar-refractivity contribution in [3.63, 3.8) is 0 Å². The molecule has 0 saturated carbocycles. The van der Waals surface area contributed by atoms with Crippen LogP contribution in [0.4, 0.5) is 5.69 Å². The van der Waals surface area contributed by atoms with E-state index in [-0.39, 0.29) is 30.2 Å². The van der Waals surface area contributed by atoms with E-state index in [4.69, 9.17) is 9.47 Å². The maximum Gasteiger partial charge on any atom is 0.257 e. The summed E-state index contributed by atoms with van der Waals surface area (Å²) in [7, 11) is 1.95. The van der Waals surface area contributed by atoms with E-state index in [2.05, 4.69) is 41.4 Å². The van der Waals surface area contributed by atoms with E-state index in [1.807, 2.05) is 101 Å². The van der Waals surface area contributed by atoms with Gasteiger partial charge < -0.3 is 29.2 Å². The van der Waals surface area contributed by atoms with Gasteiger partial charge in [-0.2, -0.15) is 0 Å². The van der Waals surface area contributed by atoms with Crippen molar-refractivity contribution in [2.45, 2.75) is 52.2 Å². The highest BCUT2D eigenvalue weighted by Gasteiger charge is 2.32. The van der Waals surface area contributed by atoms with E-state index >= 15 is 0 Å². The number of nitrogens with one attached hydrogen (secondary N) is 1. The zero-order valence-electron chi connectivity index (χ0n) is 33.1. The number of benzene rings is 4. The molecule has 1 saturated heterocycles. The lowest BCUT2D eigenvalue weighted by Crippen LogP contribution is -2.43. The molecule has 0 bridgehead atoms. The number of anilines is 1. The molecule has 57 heavy (non-hydrogen) atoms. The van der Waals surface area contributed by atoms with Crippen LogP contribution in [0.15, 0.2) is 97.1 Å². The minimum atomic E-state index is -0.201. The third kappa shape index (κ3) is 8.38. The predicted molar refractivity (Wildman–Crippen MR) is 221 cm³/mol. The lowest BCUT2D eigenvalue weighted by molar-refractivity contribution is -0.131. The second kappa shape index (κ2) is 16.8. The fourth-order valence-corrected chi connectivity index (χ4v) is 8.33.